The van der Waals surface area contributed by atoms with E-state index in [2.05, 4.69) is 4.74 Å². The number of nitro benzene ring substituents is 3. The Kier molecular flexibility index (Phi) is 5.49. The van der Waals surface area contributed by atoms with Crippen molar-refractivity contribution in [2.24, 2.45) is 0 Å². The summed E-state index contributed by atoms with van der Waals surface area (Å²) in [6.45, 7) is 2.43. The number of benzene rings is 1. The van der Waals surface area contributed by atoms with Crippen LogP contribution in [0, 0.1) is 30.3 Å². The average molecular weight is 341 g/mol. The van der Waals surface area contributed by atoms with Gasteiger partial charge in [0.1, 0.15) is 11.3 Å². The highest BCUT2D eigenvalue weighted by atomic mass is 16.6. The first kappa shape index (κ1) is 18.5. The van der Waals surface area contributed by atoms with E-state index >= 15 is 0 Å². The fourth-order valence-corrected chi connectivity index (χ4v) is 1.89. The lowest BCUT2D eigenvalue weighted by molar-refractivity contribution is -0.441. The molecule has 12 heteroatoms. The summed E-state index contributed by atoms with van der Waals surface area (Å²) in [4.78, 5) is 41.2. The Labute approximate surface area is 133 Å². The molecule has 24 heavy (non-hydrogen) atoms. The molecular weight excluding hydrogens is 330 g/mol. The molecule has 0 saturated carbocycles. The molecule has 0 aliphatic carbocycles. The van der Waals surface area contributed by atoms with Gasteiger partial charge >= 0.3 is 23.0 Å². The van der Waals surface area contributed by atoms with Gasteiger partial charge in [-0.25, -0.2) is 4.79 Å². The quantitative estimate of drug-likeness (QED) is 0.267. The molecule has 1 N–H and O–H groups in total. The number of nitro groups is 3. The highest BCUT2D eigenvalue weighted by Gasteiger charge is 2.38. The van der Waals surface area contributed by atoms with Crippen LogP contribution in [-0.2, 0) is 9.53 Å². The number of ether oxygens (including phenoxy) is 1. The van der Waals surface area contributed by atoms with E-state index in [0.717, 1.165) is 6.92 Å². The summed E-state index contributed by atoms with van der Waals surface area (Å²) in [5.74, 6) is -1.71. The van der Waals surface area contributed by atoms with Crippen molar-refractivity contribution >= 4 is 28.6 Å². The lowest BCUT2D eigenvalue weighted by Gasteiger charge is -2.08. The van der Waals surface area contributed by atoms with Crippen molar-refractivity contribution in [3.63, 3.8) is 0 Å². The molecule has 0 saturated heterocycles. The molecule has 0 fully saturated rings. The second-order valence-corrected chi connectivity index (χ2v) is 4.32. The average Bonchev–Trinajstić information content (AvgIpc) is 2.45. The summed E-state index contributed by atoms with van der Waals surface area (Å²) >= 11 is 0. The van der Waals surface area contributed by atoms with Crippen molar-refractivity contribution in [1.82, 2.24) is 0 Å². The highest BCUT2D eigenvalue weighted by Crippen LogP contribution is 2.39. The third-order valence-corrected chi connectivity index (χ3v) is 2.78. The number of hydrogen-bond acceptors (Lipinski definition) is 9. The summed E-state index contributed by atoms with van der Waals surface area (Å²) in [6.07, 6.45) is 0. The number of allylic oxidation sites excluding steroid dienone is 1. The van der Waals surface area contributed by atoms with Crippen molar-refractivity contribution < 1.29 is 29.4 Å². The van der Waals surface area contributed by atoms with Gasteiger partial charge in [0.15, 0.2) is 0 Å². The number of esters is 1. The van der Waals surface area contributed by atoms with Gasteiger partial charge in [-0.15, -0.1) is 0 Å². The number of rotatable bonds is 6. The van der Waals surface area contributed by atoms with Crippen LogP contribution in [0.5, 0.6) is 0 Å². The predicted octanol–water partition coefficient (Wildman–Crippen LogP) is 2.26. The monoisotopic (exact) mass is 341 g/mol. The zero-order chi connectivity index (χ0) is 18.6. The molecule has 0 amide bonds. The van der Waals surface area contributed by atoms with Gasteiger partial charge in [0.2, 0.25) is 0 Å². The summed E-state index contributed by atoms with van der Waals surface area (Å²) in [7, 11) is 0. The lowest BCUT2D eigenvalue weighted by Crippen LogP contribution is -2.10. The molecule has 0 aliphatic rings. The van der Waals surface area contributed by atoms with Gasteiger partial charge in [0.25, 0.3) is 0 Å². The zero-order valence-corrected chi connectivity index (χ0v) is 12.4. The minimum absolute atomic E-state index is 0.0905. The van der Waals surface area contributed by atoms with Crippen LogP contribution in [-0.4, -0.2) is 32.5 Å². The Bertz CT molecular complexity index is 730. The molecule has 0 spiro atoms. The Morgan fingerprint density at radius 2 is 1.54 bits per heavy atom. The topological polar surface area (TPSA) is 176 Å². The van der Waals surface area contributed by atoms with Crippen LogP contribution in [0.2, 0.25) is 0 Å². The normalized spacial score (nSPS) is 11.4. The Morgan fingerprint density at radius 3 is 1.83 bits per heavy atom. The maximum Gasteiger partial charge on any atom is 0.422 e. The lowest BCUT2D eigenvalue weighted by atomic mass is 10.0. The minimum atomic E-state index is -1.33. The van der Waals surface area contributed by atoms with Gasteiger partial charge in [0, 0.05) is 17.7 Å². The van der Waals surface area contributed by atoms with Crippen molar-refractivity contribution in [1.29, 1.82) is 0 Å². The van der Waals surface area contributed by atoms with E-state index in [1.807, 2.05) is 0 Å². The maximum atomic E-state index is 11.9. The van der Waals surface area contributed by atoms with E-state index < -0.39 is 54.7 Å². The fourth-order valence-electron chi connectivity index (χ4n) is 1.89. The molecule has 12 nitrogen and oxygen atoms in total. The number of aliphatic hydroxyl groups excluding tert-OH is 1. The van der Waals surface area contributed by atoms with Crippen molar-refractivity contribution in [2.75, 3.05) is 6.61 Å². The molecule has 128 valence electrons. The summed E-state index contributed by atoms with van der Waals surface area (Å²) in [5, 5.41) is 42.6. The summed E-state index contributed by atoms with van der Waals surface area (Å²) in [5.41, 5.74) is -4.72. The molecule has 0 radical (unpaired) electrons. The van der Waals surface area contributed by atoms with Crippen molar-refractivity contribution in [3.8, 4) is 0 Å². The molecular formula is C12H11N3O9. The number of carbonyl (C=O) groups is 1. The Balaban J connectivity index is 3.82. The molecule has 0 aliphatic heterocycles. The number of carbonyl (C=O) groups excluding carboxylic acids is 1. The van der Waals surface area contributed by atoms with Crippen LogP contribution < -0.4 is 0 Å². The summed E-state index contributed by atoms with van der Waals surface area (Å²) < 4.78 is 4.67. The van der Waals surface area contributed by atoms with Gasteiger partial charge in [-0.05, 0) is 13.8 Å². The molecule has 0 bridgehead atoms. The number of aliphatic hydroxyl groups is 1. The van der Waals surface area contributed by atoms with Gasteiger partial charge in [-0.2, -0.15) is 0 Å². The second-order valence-electron chi connectivity index (χ2n) is 4.32. The van der Waals surface area contributed by atoms with E-state index in [9.17, 15) is 40.2 Å². The maximum absolute atomic E-state index is 11.9. The highest BCUT2D eigenvalue weighted by molar-refractivity contribution is 6.17. The molecule has 0 unspecified atom stereocenters. The van der Waals surface area contributed by atoms with E-state index in [-0.39, 0.29) is 6.61 Å². The largest absolute Gasteiger partial charge is 0.512 e. The summed E-state index contributed by atoms with van der Waals surface area (Å²) in [6, 6.07) is 1.19. The zero-order valence-electron chi connectivity index (χ0n) is 12.4. The van der Waals surface area contributed by atoms with Crippen molar-refractivity contribution in [2.45, 2.75) is 13.8 Å². The van der Waals surface area contributed by atoms with Crippen LogP contribution in [0.1, 0.15) is 19.4 Å². The van der Waals surface area contributed by atoms with Gasteiger partial charge < -0.3 is 9.84 Å². The van der Waals surface area contributed by atoms with E-state index in [0.29, 0.717) is 12.1 Å². The standard InChI is InChI=1S/C12H11N3O9/c1-3-24-12(17)10(6(2)16)7-4-8(13(18)19)11(15(22)23)9(5-7)14(20)21/h4-5,16H,3H2,1-2H3/b10-6-. The first-order valence-corrected chi connectivity index (χ1v) is 6.30. The minimum Gasteiger partial charge on any atom is -0.512 e. The first-order chi connectivity index (χ1) is 11.1. The van der Waals surface area contributed by atoms with E-state index in [4.69, 9.17) is 0 Å². The predicted molar refractivity (Wildman–Crippen MR) is 78.3 cm³/mol. The molecule has 1 rings (SSSR count). The molecule has 1 aromatic carbocycles. The van der Waals surface area contributed by atoms with Gasteiger partial charge in [-0.3, -0.25) is 30.3 Å². The fraction of sp³-hybridized carbons (Fsp3) is 0.250. The Hall–Kier alpha value is -3.57. The van der Waals surface area contributed by atoms with Crippen LogP contribution in [0.4, 0.5) is 17.1 Å². The first-order valence-electron chi connectivity index (χ1n) is 6.30. The molecule has 0 aromatic heterocycles. The third-order valence-electron chi connectivity index (χ3n) is 2.78. The van der Waals surface area contributed by atoms with Crippen LogP contribution in [0.15, 0.2) is 17.9 Å². The third kappa shape index (κ3) is 3.60. The molecule has 0 heterocycles. The number of hydrogen-bond donors (Lipinski definition) is 1. The van der Waals surface area contributed by atoms with E-state index in [1.165, 1.54) is 6.92 Å². The van der Waals surface area contributed by atoms with E-state index in [1.54, 1.807) is 0 Å². The molecule has 1 aromatic rings. The smallest absolute Gasteiger partial charge is 0.422 e. The van der Waals surface area contributed by atoms with Crippen molar-refractivity contribution in [3.05, 3.63) is 53.8 Å². The van der Waals surface area contributed by atoms with Crippen LogP contribution in [0.3, 0.4) is 0 Å². The molecule has 0 atom stereocenters. The second kappa shape index (κ2) is 7.13. The van der Waals surface area contributed by atoms with Crippen LogP contribution in [0.25, 0.3) is 5.57 Å². The number of nitrogens with zero attached hydrogens (tertiary/aromatic N) is 3. The van der Waals surface area contributed by atoms with Gasteiger partial charge in [0.05, 0.1) is 21.4 Å². The van der Waals surface area contributed by atoms with Crippen LogP contribution >= 0.6 is 0 Å². The SMILES string of the molecule is CCOC(=O)/C(=C(/C)O)c1cc([N+](=O)[O-])c([N+](=O)[O-])c([N+](=O)[O-])c1. The van der Waals surface area contributed by atoms with Gasteiger partial charge in [-0.1, -0.05) is 0 Å². The Morgan fingerprint density at radius 1 is 1.08 bits per heavy atom.